The molecule has 2 aromatic carbocycles. The number of aromatic nitrogens is 2. The summed E-state index contributed by atoms with van der Waals surface area (Å²) in [4.78, 5) is 4.50. The maximum atomic E-state index is 9.20. The molecule has 0 unspecified atom stereocenters. The summed E-state index contributed by atoms with van der Waals surface area (Å²) < 4.78 is 2.04. The van der Waals surface area contributed by atoms with Crippen LogP contribution in [0.3, 0.4) is 0 Å². The van der Waals surface area contributed by atoms with Crippen molar-refractivity contribution in [3.63, 3.8) is 0 Å². The van der Waals surface area contributed by atoms with Gasteiger partial charge in [0.15, 0.2) is 0 Å². The maximum absolute atomic E-state index is 9.20. The zero-order valence-corrected chi connectivity index (χ0v) is 12.8. The largest absolute Gasteiger partial charge is 0.324 e. The van der Waals surface area contributed by atoms with Crippen LogP contribution in [0.1, 0.15) is 17.0 Å². The van der Waals surface area contributed by atoms with Gasteiger partial charge in [-0.05, 0) is 30.7 Å². The van der Waals surface area contributed by atoms with Gasteiger partial charge in [-0.2, -0.15) is 5.26 Å². The van der Waals surface area contributed by atoms with Gasteiger partial charge < -0.3 is 4.57 Å². The van der Waals surface area contributed by atoms with Gasteiger partial charge in [0.1, 0.15) is 5.82 Å². The number of hydrogen-bond acceptors (Lipinski definition) is 2. The molecule has 0 bridgehead atoms. The molecule has 0 aliphatic carbocycles. The summed E-state index contributed by atoms with van der Waals surface area (Å²) in [5.74, 6) is 0.857. The SMILES string of the molecule is Cc1nc2cc(Cl)c(Cl)cc2n1Cc1ccccc1C#N. The summed E-state index contributed by atoms with van der Waals surface area (Å²) in [6, 6.07) is 13.3. The van der Waals surface area contributed by atoms with Crippen LogP contribution in [0, 0.1) is 18.3 Å². The van der Waals surface area contributed by atoms with Gasteiger partial charge in [0, 0.05) is 0 Å². The van der Waals surface area contributed by atoms with E-state index in [0.29, 0.717) is 22.2 Å². The van der Waals surface area contributed by atoms with Gasteiger partial charge in [0.25, 0.3) is 0 Å². The molecule has 21 heavy (non-hydrogen) atoms. The highest BCUT2D eigenvalue weighted by Gasteiger charge is 2.12. The van der Waals surface area contributed by atoms with Crippen molar-refractivity contribution >= 4 is 34.2 Å². The van der Waals surface area contributed by atoms with Crippen molar-refractivity contribution in [1.29, 1.82) is 5.26 Å². The third-order valence-corrected chi connectivity index (χ3v) is 4.17. The Bertz CT molecular complexity index is 875. The van der Waals surface area contributed by atoms with Crippen LogP contribution in [0.5, 0.6) is 0 Å². The number of aryl methyl sites for hydroxylation is 1. The Kier molecular flexibility index (Phi) is 3.59. The third-order valence-electron chi connectivity index (χ3n) is 3.45. The van der Waals surface area contributed by atoms with Crippen LogP contribution in [0.2, 0.25) is 10.0 Å². The van der Waals surface area contributed by atoms with Gasteiger partial charge in [-0.15, -0.1) is 0 Å². The normalized spacial score (nSPS) is 10.8. The van der Waals surface area contributed by atoms with E-state index in [9.17, 15) is 5.26 Å². The number of rotatable bonds is 2. The molecule has 0 aliphatic heterocycles. The summed E-state index contributed by atoms with van der Waals surface area (Å²) in [7, 11) is 0. The number of benzene rings is 2. The Morgan fingerprint density at radius 3 is 2.67 bits per heavy atom. The molecule has 3 aromatic rings. The van der Waals surface area contributed by atoms with Crippen LogP contribution in [-0.2, 0) is 6.54 Å². The molecule has 1 heterocycles. The molecule has 104 valence electrons. The number of imidazole rings is 1. The molecule has 3 nitrogen and oxygen atoms in total. The molecule has 0 saturated heterocycles. The predicted octanol–water partition coefficient (Wildman–Crippen LogP) is 4.57. The van der Waals surface area contributed by atoms with Gasteiger partial charge in [0.05, 0.1) is 39.3 Å². The number of halogens is 2. The highest BCUT2D eigenvalue weighted by molar-refractivity contribution is 6.42. The van der Waals surface area contributed by atoms with E-state index in [1.165, 1.54) is 0 Å². The Labute approximate surface area is 132 Å². The summed E-state index contributed by atoms with van der Waals surface area (Å²) >= 11 is 12.1. The zero-order chi connectivity index (χ0) is 15.0. The van der Waals surface area contributed by atoms with Crippen LogP contribution >= 0.6 is 23.2 Å². The average molecular weight is 316 g/mol. The van der Waals surface area contributed by atoms with E-state index in [1.54, 1.807) is 6.07 Å². The molecular weight excluding hydrogens is 305 g/mol. The molecule has 0 N–H and O–H groups in total. The van der Waals surface area contributed by atoms with Crippen molar-refractivity contribution in [3.8, 4) is 6.07 Å². The molecular formula is C16H11Cl2N3. The lowest BCUT2D eigenvalue weighted by molar-refractivity contribution is 0.784. The molecule has 0 atom stereocenters. The van der Waals surface area contributed by atoms with Crippen LogP contribution in [-0.4, -0.2) is 9.55 Å². The fourth-order valence-corrected chi connectivity index (χ4v) is 2.69. The number of nitrogens with zero attached hydrogens (tertiary/aromatic N) is 3. The van der Waals surface area contributed by atoms with E-state index in [4.69, 9.17) is 23.2 Å². The van der Waals surface area contributed by atoms with Crippen molar-refractivity contribution < 1.29 is 0 Å². The molecule has 0 spiro atoms. The fourth-order valence-electron chi connectivity index (χ4n) is 2.38. The quantitative estimate of drug-likeness (QED) is 0.695. The highest BCUT2D eigenvalue weighted by Crippen LogP contribution is 2.28. The monoisotopic (exact) mass is 315 g/mol. The lowest BCUT2D eigenvalue weighted by Gasteiger charge is -2.09. The first-order valence-corrected chi connectivity index (χ1v) is 7.15. The second-order valence-corrected chi connectivity index (χ2v) is 5.58. The van der Waals surface area contributed by atoms with E-state index in [-0.39, 0.29) is 0 Å². The van der Waals surface area contributed by atoms with Crippen molar-refractivity contribution in [2.45, 2.75) is 13.5 Å². The molecule has 0 amide bonds. The molecule has 1 aromatic heterocycles. The van der Waals surface area contributed by atoms with Crippen LogP contribution < -0.4 is 0 Å². The Morgan fingerprint density at radius 2 is 1.90 bits per heavy atom. The van der Waals surface area contributed by atoms with Crippen LogP contribution in [0.4, 0.5) is 0 Å². The van der Waals surface area contributed by atoms with Gasteiger partial charge in [-0.3, -0.25) is 0 Å². The first-order chi connectivity index (χ1) is 10.1. The minimum absolute atomic E-state index is 0.492. The summed E-state index contributed by atoms with van der Waals surface area (Å²) in [5.41, 5.74) is 3.33. The van der Waals surface area contributed by atoms with Crippen molar-refractivity contribution in [2.75, 3.05) is 0 Å². The van der Waals surface area contributed by atoms with E-state index >= 15 is 0 Å². The zero-order valence-electron chi connectivity index (χ0n) is 11.3. The van der Waals surface area contributed by atoms with Crippen molar-refractivity contribution in [1.82, 2.24) is 9.55 Å². The molecule has 0 radical (unpaired) electrons. The second-order valence-electron chi connectivity index (χ2n) is 4.77. The van der Waals surface area contributed by atoms with Gasteiger partial charge in [0.2, 0.25) is 0 Å². The van der Waals surface area contributed by atoms with Gasteiger partial charge >= 0.3 is 0 Å². The highest BCUT2D eigenvalue weighted by atomic mass is 35.5. The van der Waals surface area contributed by atoms with E-state index in [2.05, 4.69) is 11.1 Å². The minimum Gasteiger partial charge on any atom is -0.324 e. The number of hydrogen-bond donors (Lipinski definition) is 0. The van der Waals surface area contributed by atoms with E-state index in [1.807, 2.05) is 41.8 Å². The molecule has 0 saturated carbocycles. The van der Waals surface area contributed by atoms with E-state index < -0.39 is 0 Å². The number of fused-ring (bicyclic) bond motifs is 1. The average Bonchev–Trinajstić information content (AvgIpc) is 2.76. The maximum Gasteiger partial charge on any atom is 0.107 e. The Morgan fingerprint density at radius 1 is 1.19 bits per heavy atom. The molecule has 0 aliphatic rings. The Balaban J connectivity index is 2.15. The third kappa shape index (κ3) is 2.49. The van der Waals surface area contributed by atoms with Crippen LogP contribution in [0.25, 0.3) is 11.0 Å². The lowest BCUT2D eigenvalue weighted by atomic mass is 10.1. The van der Waals surface area contributed by atoms with Crippen molar-refractivity contribution in [2.24, 2.45) is 0 Å². The fraction of sp³-hybridized carbons (Fsp3) is 0.125. The first kappa shape index (κ1) is 13.9. The molecule has 5 heteroatoms. The van der Waals surface area contributed by atoms with Gasteiger partial charge in [-0.1, -0.05) is 41.4 Å². The molecule has 3 rings (SSSR count). The van der Waals surface area contributed by atoms with Gasteiger partial charge in [-0.25, -0.2) is 4.98 Å². The first-order valence-electron chi connectivity index (χ1n) is 6.40. The summed E-state index contributed by atoms with van der Waals surface area (Å²) in [6.07, 6.45) is 0. The standard InChI is InChI=1S/C16H11Cl2N3/c1-10-20-15-6-13(17)14(18)7-16(15)21(10)9-12-5-3-2-4-11(12)8-19/h2-7H,9H2,1H3. The summed E-state index contributed by atoms with van der Waals surface area (Å²) in [5, 5.41) is 10.2. The topological polar surface area (TPSA) is 41.6 Å². The predicted molar refractivity (Wildman–Crippen MR) is 84.7 cm³/mol. The molecule has 0 fully saturated rings. The summed E-state index contributed by atoms with van der Waals surface area (Å²) in [6.45, 7) is 2.50. The van der Waals surface area contributed by atoms with E-state index in [0.717, 1.165) is 22.4 Å². The second kappa shape index (κ2) is 5.40. The number of nitriles is 1. The minimum atomic E-state index is 0.492. The lowest BCUT2D eigenvalue weighted by Crippen LogP contribution is -2.03. The Hall–Kier alpha value is -2.02. The van der Waals surface area contributed by atoms with Crippen LogP contribution in [0.15, 0.2) is 36.4 Å². The van der Waals surface area contributed by atoms with Crippen molar-refractivity contribution in [3.05, 3.63) is 63.4 Å². The smallest absolute Gasteiger partial charge is 0.107 e.